The molecule has 0 saturated heterocycles. The predicted molar refractivity (Wildman–Crippen MR) is 126 cm³/mol. The maximum atomic E-state index is 13.3. The molecule has 0 bridgehead atoms. The van der Waals surface area contributed by atoms with E-state index in [0.29, 0.717) is 34.5 Å². The van der Waals surface area contributed by atoms with Crippen LogP contribution in [-0.4, -0.2) is 28.3 Å². The van der Waals surface area contributed by atoms with Gasteiger partial charge in [0.2, 0.25) is 5.91 Å². The summed E-state index contributed by atoms with van der Waals surface area (Å²) in [4.78, 5) is 18.9. The second-order valence-corrected chi connectivity index (χ2v) is 8.86. The van der Waals surface area contributed by atoms with Gasteiger partial charge in [0.25, 0.3) is 17.0 Å². The van der Waals surface area contributed by atoms with Crippen molar-refractivity contribution in [2.45, 2.75) is 51.4 Å². The van der Waals surface area contributed by atoms with Gasteiger partial charge in [-0.15, -0.1) is 0 Å². The van der Waals surface area contributed by atoms with Gasteiger partial charge in [0.1, 0.15) is 5.75 Å². The molecular weight excluding hydrogens is 436 g/mol. The molecule has 1 atom stereocenters. The average Bonchev–Trinajstić information content (AvgIpc) is 2.81. The Bertz CT molecular complexity index is 1150. The number of benzene rings is 2. The zero-order valence-electron chi connectivity index (χ0n) is 19.2. The van der Waals surface area contributed by atoms with E-state index in [0.717, 1.165) is 30.6 Å². The monoisotopic (exact) mass is 464 g/mol. The van der Waals surface area contributed by atoms with Gasteiger partial charge < -0.3 is 9.84 Å². The smallest absolute Gasteiger partial charge is 0.296 e. The highest BCUT2D eigenvalue weighted by atomic mass is 32.2. The third-order valence-corrected chi connectivity index (χ3v) is 6.46. The molecule has 3 aromatic rings. The van der Waals surface area contributed by atoms with Crippen LogP contribution in [0.3, 0.4) is 0 Å². The second kappa shape index (κ2) is 10.2. The van der Waals surface area contributed by atoms with Gasteiger partial charge in [-0.1, -0.05) is 60.5 Å². The first-order valence-electron chi connectivity index (χ1n) is 11.3. The fourth-order valence-electron chi connectivity index (χ4n) is 4.11. The Balaban J connectivity index is 1.93. The van der Waals surface area contributed by atoms with Gasteiger partial charge in [-0.2, -0.15) is 0 Å². The fraction of sp³-hybridized carbons (Fsp3) is 0.360. The van der Waals surface area contributed by atoms with Gasteiger partial charge in [0.05, 0.1) is 29.3 Å². The van der Waals surface area contributed by atoms with E-state index in [1.165, 1.54) is 18.7 Å². The largest absolute Gasteiger partial charge is 0.854 e. The van der Waals surface area contributed by atoms with E-state index in [4.69, 9.17) is 9.84 Å². The van der Waals surface area contributed by atoms with Crippen LogP contribution in [0.5, 0.6) is 11.6 Å². The maximum Gasteiger partial charge on any atom is 0.296 e. The van der Waals surface area contributed by atoms with E-state index in [2.05, 4.69) is 11.9 Å². The molecule has 0 aliphatic carbocycles. The predicted octanol–water partition coefficient (Wildman–Crippen LogP) is 4.10. The average molecular weight is 465 g/mol. The van der Waals surface area contributed by atoms with Crippen molar-refractivity contribution in [2.24, 2.45) is 0 Å². The molecule has 0 radical (unpaired) electrons. The highest BCUT2D eigenvalue weighted by molar-refractivity contribution is 7.99. The summed E-state index contributed by atoms with van der Waals surface area (Å²) < 4.78 is 7.55. The summed E-state index contributed by atoms with van der Waals surface area (Å²) in [6, 6.07) is 15.0. The molecule has 7 nitrogen and oxygen atoms in total. The Kier molecular flexibility index (Phi) is 7.13. The van der Waals surface area contributed by atoms with Gasteiger partial charge in [0.15, 0.2) is 0 Å². The van der Waals surface area contributed by atoms with Gasteiger partial charge >= 0.3 is 0 Å². The first-order valence-corrected chi connectivity index (χ1v) is 12.3. The highest BCUT2D eigenvalue weighted by Gasteiger charge is 2.45. The first-order chi connectivity index (χ1) is 16.1. The van der Waals surface area contributed by atoms with Crippen LogP contribution in [0.1, 0.15) is 51.8 Å². The summed E-state index contributed by atoms with van der Waals surface area (Å²) >= 11 is 1.47. The third-order valence-electron chi connectivity index (χ3n) is 5.53. The minimum atomic E-state index is -0.666. The second-order valence-electron chi connectivity index (χ2n) is 7.80. The number of ether oxygens (including phenoxy) is 1. The minimum absolute atomic E-state index is 0.153. The van der Waals surface area contributed by atoms with Crippen molar-refractivity contribution in [1.82, 2.24) is 10.1 Å². The zero-order chi connectivity index (χ0) is 23.4. The molecule has 172 valence electrons. The molecule has 2 aromatic carbocycles. The van der Waals surface area contributed by atoms with Crippen molar-refractivity contribution in [2.75, 3.05) is 17.3 Å². The summed E-state index contributed by atoms with van der Waals surface area (Å²) in [6.45, 7) is 6.07. The number of carbonyl (C=O) groups is 1. The van der Waals surface area contributed by atoms with E-state index in [1.807, 2.05) is 55.5 Å². The number of thioether (sulfide) groups is 1. The maximum absolute atomic E-state index is 13.3. The summed E-state index contributed by atoms with van der Waals surface area (Å²) in [5.74, 6) is 0.981. The number of amides is 1. The lowest BCUT2D eigenvalue weighted by Crippen LogP contribution is -2.58. The molecule has 1 aromatic heterocycles. The van der Waals surface area contributed by atoms with Crippen LogP contribution >= 0.6 is 11.8 Å². The van der Waals surface area contributed by atoms with Crippen molar-refractivity contribution < 1.29 is 19.3 Å². The van der Waals surface area contributed by atoms with Crippen molar-refractivity contribution in [3.8, 4) is 22.9 Å². The summed E-state index contributed by atoms with van der Waals surface area (Å²) in [6.07, 6.45) is 2.60. The number of anilines is 1. The molecule has 0 N–H and O–H groups in total. The number of hydrogen-bond donors (Lipinski definition) is 0. The number of aromatic nitrogens is 3. The Hall–Kier alpha value is -3.13. The summed E-state index contributed by atoms with van der Waals surface area (Å²) in [7, 11) is 0. The normalized spacial score (nSPS) is 14.5. The van der Waals surface area contributed by atoms with Crippen LogP contribution in [0.2, 0.25) is 0 Å². The Morgan fingerprint density at radius 1 is 1.15 bits per heavy atom. The number of para-hydroxylation sites is 2. The van der Waals surface area contributed by atoms with Gasteiger partial charge in [0, 0.05) is 17.8 Å². The molecule has 1 amide bonds. The summed E-state index contributed by atoms with van der Waals surface area (Å²) in [5, 5.41) is 18.5. The van der Waals surface area contributed by atoms with Crippen molar-refractivity contribution >= 4 is 23.4 Å². The van der Waals surface area contributed by atoms with E-state index in [-0.39, 0.29) is 11.8 Å². The SMILES string of the molecule is CCCCCSc1nc([O-])c2[n+](n1)C(c1ccccc1OCC)N(C(C)=O)c1ccccc1-2. The quantitative estimate of drug-likeness (QED) is 0.284. The molecule has 4 rings (SSSR count). The molecule has 0 fully saturated rings. The molecule has 2 heterocycles. The standard InChI is InChI=1S/C25H28N4O3S/c1-4-6-11-16-33-25-26-23(31)22-18-12-7-9-14-20(18)28(17(3)30)24(29(22)27-25)19-13-8-10-15-21(19)32-5-2/h7-10,12-15,24H,4-6,11,16H2,1-3H3. The van der Waals surface area contributed by atoms with Crippen LogP contribution < -0.4 is 19.4 Å². The van der Waals surface area contributed by atoms with E-state index in [1.54, 1.807) is 9.58 Å². The topological polar surface area (TPSA) is 82.3 Å². The van der Waals surface area contributed by atoms with Crippen molar-refractivity contribution in [3.63, 3.8) is 0 Å². The molecule has 1 aliphatic heterocycles. The molecule has 1 aliphatic rings. The number of unbranched alkanes of at least 4 members (excludes halogenated alkanes) is 2. The van der Waals surface area contributed by atoms with Crippen molar-refractivity contribution in [3.05, 3.63) is 54.1 Å². The third kappa shape index (κ3) is 4.53. The Morgan fingerprint density at radius 2 is 1.91 bits per heavy atom. The van der Waals surface area contributed by atoms with Gasteiger partial charge in [-0.05, 0) is 37.6 Å². The molecule has 8 heteroatoms. The lowest BCUT2D eigenvalue weighted by Gasteiger charge is -2.33. The van der Waals surface area contributed by atoms with Gasteiger partial charge in [-0.3, -0.25) is 4.79 Å². The number of rotatable bonds is 8. The van der Waals surface area contributed by atoms with E-state index in [9.17, 15) is 9.90 Å². The van der Waals surface area contributed by atoms with Crippen LogP contribution in [0.4, 0.5) is 5.69 Å². The van der Waals surface area contributed by atoms with Crippen LogP contribution in [0.25, 0.3) is 11.3 Å². The molecule has 0 saturated carbocycles. The number of carbonyl (C=O) groups excluding carboxylic acids is 1. The molecule has 1 unspecified atom stereocenters. The number of nitrogens with zero attached hydrogens (tertiary/aromatic N) is 4. The van der Waals surface area contributed by atoms with Crippen LogP contribution in [-0.2, 0) is 4.79 Å². The number of hydrogen-bond acceptors (Lipinski definition) is 6. The minimum Gasteiger partial charge on any atom is -0.854 e. The van der Waals surface area contributed by atoms with E-state index >= 15 is 0 Å². The molecule has 33 heavy (non-hydrogen) atoms. The fourth-order valence-corrected chi connectivity index (χ4v) is 4.94. The molecule has 0 spiro atoms. The van der Waals surface area contributed by atoms with Crippen LogP contribution in [0.15, 0.2) is 53.7 Å². The highest BCUT2D eigenvalue weighted by Crippen LogP contribution is 2.42. The lowest BCUT2D eigenvalue weighted by atomic mass is 10.0. The van der Waals surface area contributed by atoms with Crippen LogP contribution in [0, 0.1) is 0 Å². The molecular formula is C25H28N4O3S. The van der Waals surface area contributed by atoms with Crippen molar-refractivity contribution in [1.29, 1.82) is 0 Å². The first kappa shape index (κ1) is 23.0. The Labute approximate surface area is 198 Å². The zero-order valence-corrected chi connectivity index (χ0v) is 20.0. The van der Waals surface area contributed by atoms with E-state index < -0.39 is 6.17 Å². The van der Waals surface area contributed by atoms with Gasteiger partial charge in [-0.25, -0.2) is 9.88 Å². The number of fused-ring (bicyclic) bond motifs is 3. The lowest BCUT2D eigenvalue weighted by molar-refractivity contribution is -0.764. The summed E-state index contributed by atoms with van der Waals surface area (Å²) in [5.41, 5.74) is 2.43. The Morgan fingerprint density at radius 3 is 2.67 bits per heavy atom.